The molecular weight excluding hydrogens is 244 g/mol. The minimum atomic E-state index is -0.739. The van der Waals surface area contributed by atoms with Crippen LogP contribution in [0.2, 0.25) is 0 Å². The molecule has 0 aliphatic carbocycles. The Balaban J connectivity index is 2.33. The SMILES string of the molecule is CCCC(CC)NC(=O)N1CCC(CC(=O)O)CC1. The Kier molecular flexibility index (Phi) is 6.67. The third-order valence-electron chi connectivity index (χ3n) is 3.82. The second kappa shape index (κ2) is 8.02. The van der Waals surface area contributed by atoms with Crippen LogP contribution in [0.25, 0.3) is 0 Å². The standard InChI is InChI=1S/C14H26N2O3/c1-3-5-12(4-2)15-14(19)16-8-6-11(7-9-16)10-13(17)18/h11-12H,3-10H2,1-2H3,(H,15,19)(H,17,18). The van der Waals surface area contributed by atoms with E-state index in [4.69, 9.17) is 5.11 Å². The molecule has 1 unspecified atom stereocenters. The molecule has 1 atom stereocenters. The number of piperidine rings is 1. The first-order valence-electron chi connectivity index (χ1n) is 7.34. The van der Waals surface area contributed by atoms with Crippen LogP contribution >= 0.6 is 0 Å². The molecule has 1 rings (SSSR count). The monoisotopic (exact) mass is 270 g/mol. The molecule has 2 amide bonds. The van der Waals surface area contributed by atoms with E-state index in [1.54, 1.807) is 0 Å². The molecule has 0 spiro atoms. The minimum Gasteiger partial charge on any atom is -0.481 e. The number of hydrogen-bond acceptors (Lipinski definition) is 2. The molecule has 1 aliphatic rings. The lowest BCUT2D eigenvalue weighted by atomic mass is 9.94. The summed E-state index contributed by atoms with van der Waals surface area (Å²) in [5, 5.41) is 11.8. The van der Waals surface area contributed by atoms with Crippen molar-refractivity contribution in [1.82, 2.24) is 10.2 Å². The molecule has 2 N–H and O–H groups in total. The number of aliphatic carboxylic acids is 1. The number of carbonyl (C=O) groups is 2. The molecule has 5 heteroatoms. The maximum Gasteiger partial charge on any atom is 0.317 e. The number of urea groups is 1. The van der Waals surface area contributed by atoms with Crippen molar-refractivity contribution >= 4 is 12.0 Å². The highest BCUT2D eigenvalue weighted by atomic mass is 16.4. The van der Waals surface area contributed by atoms with E-state index < -0.39 is 5.97 Å². The quantitative estimate of drug-likeness (QED) is 0.779. The van der Waals surface area contributed by atoms with Gasteiger partial charge in [0, 0.05) is 25.6 Å². The Morgan fingerprint density at radius 1 is 1.32 bits per heavy atom. The summed E-state index contributed by atoms with van der Waals surface area (Å²) in [4.78, 5) is 24.5. The Labute approximate surface area is 115 Å². The molecule has 1 saturated heterocycles. The predicted octanol–water partition coefficient (Wildman–Crippen LogP) is 2.46. The first-order valence-corrected chi connectivity index (χ1v) is 7.34. The fraction of sp³-hybridized carbons (Fsp3) is 0.857. The average molecular weight is 270 g/mol. The summed E-state index contributed by atoms with van der Waals surface area (Å²) < 4.78 is 0. The van der Waals surface area contributed by atoms with Crippen LogP contribution in [0, 0.1) is 5.92 Å². The van der Waals surface area contributed by atoms with E-state index in [2.05, 4.69) is 19.2 Å². The molecule has 0 aromatic rings. The van der Waals surface area contributed by atoms with Gasteiger partial charge in [0.05, 0.1) is 0 Å². The van der Waals surface area contributed by atoms with Gasteiger partial charge in [-0.2, -0.15) is 0 Å². The molecule has 1 heterocycles. The van der Waals surface area contributed by atoms with Crippen molar-refractivity contribution in [2.45, 2.75) is 58.4 Å². The van der Waals surface area contributed by atoms with Crippen molar-refractivity contribution in [2.24, 2.45) is 5.92 Å². The molecular formula is C14H26N2O3. The maximum atomic E-state index is 12.1. The Morgan fingerprint density at radius 3 is 2.42 bits per heavy atom. The van der Waals surface area contributed by atoms with Crippen LogP contribution in [0.4, 0.5) is 4.79 Å². The zero-order valence-electron chi connectivity index (χ0n) is 12.0. The van der Waals surface area contributed by atoms with E-state index in [9.17, 15) is 9.59 Å². The number of nitrogens with one attached hydrogen (secondary N) is 1. The van der Waals surface area contributed by atoms with Gasteiger partial charge in [0.2, 0.25) is 0 Å². The average Bonchev–Trinajstić information content (AvgIpc) is 2.38. The number of carbonyl (C=O) groups excluding carboxylic acids is 1. The minimum absolute atomic E-state index is 0.00840. The van der Waals surface area contributed by atoms with Crippen LogP contribution in [-0.2, 0) is 4.79 Å². The third kappa shape index (κ3) is 5.49. The summed E-state index contributed by atoms with van der Waals surface area (Å²) in [6.07, 6.45) is 4.85. The van der Waals surface area contributed by atoms with Crippen LogP contribution < -0.4 is 5.32 Å². The topological polar surface area (TPSA) is 69.6 Å². The molecule has 0 radical (unpaired) electrons. The highest BCUT2D eigenvalue weighted by molar-refractivity contribution is 5.74. The van der Waals surface area contributed by atoms with Crippen molar-refractivity contribution in [2.75, 3.05) is 13.1 Å². The van der Waals surface area contributed by atoms with Gasteiger partial charge in [-0.25, -0.2) is 4.79 Å². The Hall–Kier alpha value is -1.26. The number of likely N-dealkylation sites (tertiary alicyclic amines) is 1. The first kappa shape index (κ1) is 15.8. The van der Waals surface area contributed by atoms with Crippen molar-refractivity contribution in [3.05, 3.63) is 0 Å². The maximum absolute atomic E-state index is 12.1. The van der Waals surface area contributed by atoms with Gasteiger partial charge >= 0.3 is 12.0 Å². The van der Waals surface area contributed by atoms with Gasteiger partial charge in [0.25, 0.3) is 0 Å². The number of carboxylic acids is 1. The number of rotatable bonds is 6. The lowest BCUT2D eigenvalue weighted by Gasteiger charge is -2.32. The fourth-order valence-electron chi connectivity index (χ4n) is 2.58. The Morgan fingerprint density at radius 2 is 1.95 bits per heavy atom. The molecule has 1 aliphatic heterocycles. The third-order valence-corrected chi connectivity index (χ3v) is 3.82. The van der Waals surface area contributed by atoms with Gasteiger partial charge in [0.15, 0.2) is 0 Å². The summed E-state index contributed by atoms with van der Waals surface area (Å²) in [7, 11) is 0. The van der Waals surface area contributed by atoms with Gasteiger partial charge < -0.3 is 15.3 Å². The van der Waals surface area contributed by atoms with E-state index in [1.807, 2.05) is 4.90 Å². The van der Waals surface area contributed by atoms with Crippen molar-refractivity contribution < 1.29 is 14.7 Å². The summed E-state index contributed by atoms with van der Waals surface area (Å²) in [6.45, 7) is 5.55. The molecule has 19 heavy (non-hydrogen) atoms. The molecule has 1 fully saturated rings. The Bertz CT molecular complexity index is 299. The zero-order valence-corrected chi connectivity index (χ0v) is 12.0. The highest BCUT2D eigenvalue weighted by Gasteiger charge is 2.25. The van der Waals surface area contributed by atoms with Gasteiger partial charge in [0.1, 0.15) is 0 Å². The summed E-state index contributed by atoms with van der Waals surface area (Å²) >= 11 is 0. The lowest BCUT2D eigenvalue weighted by Crippen LogP contribution is -2.47. The van der Waals surface area contributed by atoms with Crippen LogP contribution in [0.1, 0.15) is 52.4 Å². The summed E-state index contributed by atoms with van der Waals surface area (Å²) in [5.74, 6) is -0.518. The van der Waals surface area contributed by atoms with Crippen molar-refractivity contribution in [1.29, 1.82) is 0 Å². The molecule has 5 nitrogen and oxygen atoms in total. The molecule has 0 saturated carbocycles. The largest absolute Gasteiger partial charge is 0.481 e. The summed E-state index contributed by atoms with van der Waals surface area (Å²) in [5.41, 5.74) is 0. The van der Waals surface area contributed by atoms with Crippen molar-refractivity contribution in [3.63, 3.8) is 0 Å². The second-order valence-electron chi connectivity index (χ2n) is 5.37. The van der Waals surface area contributed by atoms with Crippen LogP contribution in [0.15, 0.2) is 0 Å². The molecule has 110 valence electrons. The first-order chi connectivity index (χ1) is 9.06. The molecule has 0 bridgehead atoms. The lowest BCUT2D eigenvalue weighted by molar-refractivity contribution is -0.138. The normalized spacial score (nSPS) is 18.1. The number of amides is 2. The number of carboxylic acid groups (broad SMARTS) is 1. The molecule has 0 aromatic carbocycles. The van der Waals surface area contributed by atoms with Crippen LogP contribution in [0.5, 0.6) is 0 Å². The second-order valence-corrected chi connectivity index (χ2v) is 5.37. The fourth-order valence-corrected chi connectivity index (χ4v) is 2.58. The molecule has 0 aromatic heterocycles. The smallest absolute Gasteiger partial charge is 0.317 e. The van der Waals surface area contributed by atoms with E-state index in [0.717, 1.165) is 32.1 Å². The van der Waals surface area contributed by atoms with Crippen LogP contribution in [0.3, 0.4) is 0 Å². The summed E-state index contributed by atoms with van der Waals surface area (Å²) in [6, 6.07) is 0.267. The van der Waals surface area contributed by atoms with E-state index in [0.29, 0.717) is 13.1 Å². The van der Waals surface area contributed by atoms with Gasteiger partial charge in [-0.15, -0.1) is 0 Å². The van der Waals surface area contributed by atoms with Crippen molar-refractivity contribution in [3.8, 4) is 0 Å². The van der Waals surface area contributed by atoms with Crippen LogP contribution in [-0.4, -0.2) is 41.1 Å². The number of hydrogen-bond donors (Lipinski definition) is 2. The van der Waals surface area contributed by atoms with Gasteiger partial charge in [-0.05, 0) is 31.6 Å². The highest BCUT2D eigenvalue weighted by Crippen LogP contribution is 2.20. The van der Waals surface area contributed by atoms with Gasteiger partial charge in [-0.1, -0.05) is 20.3 Å². The van der Waals surface area contributed by atoms with E-state index in [1.165, 1.54) is 0 Å². The van der Waals surface area contributed by atoms with Gasteiger partial charge in [-0.3, -0.25) is 4.79 Å². The predicted molar refractivity (Wildman–Crippen MR) is 74.1 cm³/mol. The van der Waals surface area contributed by atoms with E-state index >= 15 is 0 Å². The number of nitrogens with zero attached hydrogens (tertiary/aromatic N) is 1. The van der Waals surface area contributed by atoms with E-state index in [-0.39, 0.29) is 24.4 Å². The zero-order chi connectivity index (χ0) is 14.3.